The Morgan fingerprint density at radius 3 is 2.62 bits per heavy atom. The minimum Gasteiger partial charge on any atom is -0.449 e. The van der Waals surface area contributed by atoms with E-state index in [1.165, 1.54) is 6.92 Å². The van der Waals surface area contributed by atoms with Crippen molar-refractivity contribution in [1.82, 2.24) is 10.2 Å². The van der Waals surface area contributed by atoms with Crippen LogP contribution in [0.5, 0.6) is 0 Å². The second kappa shape index (κ2) is 6.19. The molecule has 0 aliphatic rings. The minimum absolute atomic E-state index is 0.0514. The SMILES string of the molecule is C[C@@H](OC(=O)c1n[nH]c2ccccc12)C(=O)c1ccc(F)c(F)c1. The van der Waals surface area contributed by atoms with Crippen molar-refractivity contribution >= 4 is 22.7 Å². The Hall–Kier alpha value is -3.09. The van der Waals surface area contributed by atoms with Gasteiger partial charge in [0.05, 0.1) is 5.52 Å². The summed E-state index contributed by atoms with van der Waals surface area (Å²) in [5.74, 6) is -3.62. The highest BCUT2D eigenvalue weighted by Gasteiger charge is 2.23. The summed E-state index contributed by atoms with van der Waals surface area (Å²) in [5, 5.41) is 7.14. The van der Waals surface area contributed by atoms with Crippen LogP contribution in [-0.2, 0) is 4.74 Å². The molecule has 1 aromatic heterocycles. The number of nitrogens with zero attached hydrogens (tertiary/aromatic N) is 1. The van der Waals surface area contributed by atoms with Crippen LogP contribution in [0.4, 0.5) is 8.78 Å². The van der Waals surface area contributed by atoms with E-state index >= 15 is 0 Å². The number of ketones is 1. The lowest BCUT2D eigenvalue weighted by atomic mass is 10.1. The molecule has 0 amide bonds. The van der Waals surface area contributed by atoms with Gasteiger partial charge >= 0.3 is 5.97 Å². The minimum atomic E-state index is -1.17. The molecule has 0 aliphatic carbocycles. The number of H-pyrrole nitrogens is 1. The second-order valence-electron chi connectivity index (χ2n) is 5.16. The van der Waals surface area contributed by atoms with Crippen molar-refractivity contribution < 1.29 is 23.1 Å². The number of rotatable bonds is 4. The number of hydrogen-bond donors (Lipinski definition) is 1. The average Bonchev–Trinajstić information content (AvgIpc) is 3.00. The van der Waals surface area contributed by atoms with E-state index < -0.39 is 29.5 Å². The van der Waals surface area contributed by atoms with Gasteiger partial charge in [-0.15, -0.1) is 0 Å². The van der Waals surface area contributed by atoms with Gasteiger partial charge in [0, 0.05) is 10.9 Å². The number of aromatic nitrogens is 2. The second-order valence-corrected chi connectivity index (χ2v) is 5.16. The van der Waals surface area contributed by atoms with Crippen molar-refractivity contribution in [2.24, 2.45) is 0 Å². The fourth-order valence-electron chi connectivity index (χ4n) is 2.27. The summed E-state index contributed by atoms with van der Waals surface area (Å²) in [5.41, 5.74) is 0.626. The number of nitrogens with one attached hydrogen (secondary N) is 1. The predicted octanol–water partition coefficient (Wildman–Crippen LogP) is 3.27. The van der Waals surface area contributed by atoms with Crippen LogP contribution < -0.4 is 0 Å². The third-order valence-corrected chi connectivity index (χ3v) is 3.52. The number of aromatic amines is 1. The molecule has 5 nitrogen and oxygen atoms in total. The number of esters is 1. The number of carbonyl (C=O) groups is 2. The summed E-state index contributed by atoms with van der Waals surface area (Å²) in [6.07, 6.45) is -1.17. The predicted molar refractivity (Wildman–Crippen MR) is 81.7 cm³/mol. The Bertz CT molecular complexity index is 936. The lowest BCUT2D eigenvalue weighted by Crippen LogP contribution is -2.25. The lowest BCUT2D eigenvalue weighted by Gasteiger charge is -2.11. The first-order valence-electron chi connectivity index (χ1n) is 7.10. The van der Waals surface area contributed by atoms with Crippen LogP contribution in [-0.4, -0.2) is 28.1 Å². The van der Waals surface area contributed by atoms with Crippen LogP contribution in [0.2, 0.25) is 0 Å². The standard InChI is InChI=1S/C17H12F2N2O3/c1-9(16(22)10-6-7-12(18)13(19)8-10)24-17(23)15-11-4-2-3-5-14(11)20-21-15/h2-9H,1H3,(H,20,21)/t9-/m1/s1. The van der Waals surface area contributed by atoms with Gasteiger partial charge in [0.25, 0.3) is 0 Å². The fourth-order valence-corrected chi connectivity index (χ4v) is 2.27. The third-order valence-electron chi connectivity index (χ3n) is 3.52. The number of benzene rings is 2. The fraction of sp³-hybridized carbons (Fsp3) is 0.118. The Labute approximate surface area is 135 Å². The monoisotopic (exact) mass is 330 g/mol. The molecule has 1 N–H and O–H groups in total. The molecular weight excluding hydrogens is 318 g/mol. The number of hydrogen-bond acceptors (Lipinski definition) is 4. The summed E-state index contributed by atoms with van der Waals surface area (Å²) in [6.45, 7) is 1.36. The summed E-state index contributed by atoms with van der Waals surface area (Å²) < 4.78 is 31.2. The number of ether oxygens (including phenoxy) is 1. The van der Waals surface area contributed by atoms with Gasteiger partial charge in [-0.05, 0) is 31.2 Å². The van der Waals surface area contributed by atoms with Crippen LogP contribution in [0, 0.1) is 11.6 Å². The molecule has 2 aromatic carbocycles. The normalized spacial score (nSPS) is 12.1. The molecule has 0 spiro atoms. The van der Waals surface area contributed by atoms with Gasteiger partial charge in [-0.1, -0.05) is 18.2 Å². The Kier molecular flexibility index (Phi) is 4.07. The van der Waals surface area contributed by atoms with Crippen molar-refractivity contribution in [3.63, 3.8) is 0 Å². The zero-order valence-electron chi connectivity index (χ0n) is 12.5. The number of halogens is 2. The molecule has 0 unspecified atom stereocenters. The van der Waals surface area contributed by atoms with Crippen molar-refractivity contribution in [1.29, 1.82) is 0 Å². The first-order valence-corrected chi connectivity index (χ1v) is 7.10. The van der Waals surface area contributed by atoms with Crippen LogP contribution in [0.25, 0.3) is 10.9 Å². The molecule has 0 aliphatic heterocycles. The van der Waals surface area contributed by atoms with Gasteiger partial charge in [0.1, 0.15) is 0 Å². The highest BCUT2D eigenvalue weighted by atomic mass is 19.2. The molecule has 7 heteroatoms. The number of fused-ring (bicyclic) bond motifs is 1. The Morgan fingerprint density at radius 1 is 1.12 bits per heavy atom. The highest BCUT2D eigenvalue weighted by molar-refractivity contribution is 6.04. The molecule has 3 rings (SSSR count). The maximum absolute atomic E-state index is 13.2. The molecule has 0 bridgehead atoms. The molecule has 0 fully saturated rings. The number of para-hydroxylation sites is 1. The molecular formula is C17H12F2N2O3. The van der Waals surface area contributed by atoms with E-state index in [0.717, 1.165) is 18.2 Å². The van der Waals surface area contributed by atoms with Gasteiger partial charge in [-0.2, -0.15) is 5.10 Å². The first kappa shape index (κ1) is 15.8. The smallest absolute Gasteiger partial charge is 0.360 e. The molecule has 24 heavy (non-hydrogen) atoms. The topological polar surface area (TPSA) is 72.0 Å². The van der Waals surface area contributed by atoms with E-state index in [-0.39, 0.29) is 11.3 Å². The molecule has 1 atom stereocenters. The van der Waals surface area contributed by atoms with Crippen LogP contribution in [0.15, 0.2) is 42.5 Å². The highest BCUT2D eigenvalue weighted by Crippen LogP contribution is 2.18. The van der Waals surface area contributed by atoms with E-state index in [4.69, 9.17) is 4.74 Å². The summed E-state index contributed by atoms with van der Waals surface area (Å²) in [4.78, 5) is 24.4. The Balaban J connectivity index is 1.78. The summed E-state index contributed by atoms with van der Waals surface area (Å²) in [7, 11) is 0. The molecule has 3 aromatic rings. The van der Waals surface area contributed by atoms with Crippen LogP contribution >= 0.6 is 0 Å². The summed E-state index contributed by atoms with van der Waals surface area (Å²) in [6, 6.07) is 9.71. The van der Waals surface area contributed by atoms with Crippen molar-refractivity contribution in [2.75, 3.05) is 0 Å². The quantitative estimate of drug-likeness (QED) is 0.589. The number of carbonyl (C=O) groups excluding carboxylic acids is 2. The third kappa shape index (κ3) is 2.88. The van der Waals surface area contributed by atoms with E-state index in [1.807, 2.05) is 0 Å². The van der Waals surface area contributed by atoms with Crippen molar-refractivity contribution in [2.45, 2.75) is 13.0 Å². The maximum Gasteiger partial charge on any atom is 0.360 e. The van der Waals surface area contributed by atoms with Gasteiger partial charge in [-0.3, -0.25) is 9.89 Å². The van der Waals surface area contributed by atoms with Crippen LogP contribution in [0.1, 0.15) is 27.8 Å². The Morgan fingerprint density at radius 2 is 1.88 bits per heavy atom. The lowest BCUT2D eigenvalue weighted by molar-refractivity contribution is 0.0315. The van der Waals surface area contributed by atoms with Gasteiger partial charge in [0.2, 0.25) is 5.78 Å². The first-order chi connectivity index (χ1) is 11.5. The van der Waals surface area contributed by atoms with Gasteiger partial charge in [0.15, 0.2) is 23.4 Å². The largest absolute Gasteiger partial charge is 0.449 e. The molecule has 0 saturated heterocycles. The zero-order valence-corrected chi connectivity index (χ0v) is 12.5. The molecule has 0 saturated carbocycles. The van der Waals surface area contributed by atoms with E-state index in [1.54, 1.807) is 24.3 Å². The zero-order chi connectivity index (χ0) is 17.3. The van der Waals surface area contributed by atoms with E-state index in [9.17, 15) is 18.4 Å². The summed E-state index contributed by atoms with van der Waals surface area (Å²) >= 11 is 0. The average molecular weight is 330 g/mol. The van der Waals surface area contributed by atoms with Gasteiger partial charge < -0.3 is 4.74 Å². The van der Waals surface area contributed by atoms with Crippen molar-refractivity contribution in [3.05, 3.63) is 65.4 Å². The number of Topliss-reactive ketones (excluding diaryl/α,β-unsaturated/α-hetero) is 1. The molecule has 0 radical (unpaired) electrons. The van der Waals surface area contributed by atoms with E-state index in [2.05, 4.69) is 10.2 Å². The molecule has 122 valence electrons. The van der Waals surface area contributed by atoms with Gasteiger partial charge in [-0.25, -0.2) is 13.6 Å². The molecule has 1 heterocycles. The van der Waals surface area contributed by atoms with Crippen LogP contribution in [0.3, 0.4) is 0 Å². The van der Waals surface area contributed by atoms with Crippen molar-refractivity contribution in [3.8, 4) is 0 Å². The maximum atomic E-state index is 13.2. The van der Waals surface area contributed by atoms with E-state index in [0.29, 0.717) is 10.9 Å².